The maximum Gasteiger partial charge on any atom is 0.160 e. The number of hydrogen-bond acceptors (Lipinski definition) is 3. The van der Waals surface area contributed by atoms with Gasteiger partial charge in [0.1, 0.15) is 0 Å². The second-order valence-electron chi connectivity index (χ2n) is 12.0. The average molecular weight is 616 g/mol. The Morgan fingerprint density at radius 1 is 0.458 bits per heavy atom. The molecule has 0 aliphatic heterocycles. The Labute approximate surface area is 281 Å². The van der Waals surface area contributed by atoms with Gasteiger partial charge in [0.2, 0.25) is 0 Å². The van der Waals surface area contributed by atoms with Crippen molar-refractivity contribution in [3.63, 3.8) is 0 Å². The molecule has 7 aromatic rings. The number of rotatable bonds is 7. The molecule has 2 heterocycles. The van der Waals surface area contributed by atoms with Gasteiger partial charge in [0.15, 0.2) is 5.82 Å². The summed E-state index contributed by atoms with van der Waals surface area (Å²) in [4.78, 5) is 15.2. The molecule has 1 atom stereocenters. The van der Waals surface area contributed by atoms with Crippen molar-refractivity contribution < 1.29 is 0 Å². The highest BCUT2D eigenvalue weighted by Gasteiger charge is 2.16. The molecule has 3 heteroatoms. The second kappa shape index (κ2) is 13.3. The van der Waals surface area contributed by atoms with Crippen molar-refractivity contribution in [2.75, 3.05) is 0 Å². The molecule has 1 aliphatic carbocycles. The summed E-state index contributed by atoms with van der Waals surface area (Å²) in [6.07, 6.45) is 11.7. The lowest BCUT2D eigenvalue weighted by Crippen LogP contribution is -2.00. The third-order valence-electron chi connectivity index (χ3n) is 8.90. The van der Waals surface area contributed by atoms with Crippen molar-refractivity contribution in [3.8, 4) is 67.4 Å². The van der Waals surface area contributed by atoms with Crippen LogP contribution >= 0.6 is 0 Å². The first kappa shape index (κ1) is 29.2. The molecule has 0 spiro atoms. The minimum atomic E-state index is 0.333. The van der Waals surface area contributed by atoms with Crippen molar-refractivity contribution in [3.05, 3.63) is 188 Å². The standard InChI is InChI=1S/C45H33N3/c1-5-13-32(14-6-1)34-21-23-37(24-22-34)43-30-42(36-19-11-4-12-20-36)47-45(48-43)39-27-25-38(26-28-39)44-41(35-17-9-3-10-18-35)29-40(31-46-44)33-15-7-2-8-16-33/h1-15,17-31,33H,16H2. The zero-order valence-electron chi connectivity index (χ0n) is 26.4. The zero-order valence-corrected chi connectivity index (χ0v) is 26.4. The average Bonchev–Trinajstić information content (AvgIpc) is 3.19. The van der Waals surface area contributed by atoms with Crippen LogP contribution in [-0.2, 0) is 0 Å². The number of aromatic nitrogens is 3. The van der Waals surface area contributed by atoms with E-state index in [4.69, 9.17) is 15.0 Å². The van der Waals surface area contributed by atoms with E-state index in [1.165, 1.54) is 16.7 Å². The van der Waals surface area contributed by atoms with Gasteiger partial charge in [0.05, 0.1) is 17.1 Å². The molecule has 1 aliphatic rings. The van der Waals surface area contributed by atoms with Gasteiger partial charge in [-0.15, -0.1) is 0 Å². The second-order valence-corrected chi connectivity index (χ2v) is 12.0. The number of benzene rings is 5. The van der Waals surface area contributed by atoms with Gasteiger partial charge < -0.3 is 0 Å². The summed E-state index contributed by atoms with van der Waals surface area (Å²) in [5.41, 5.74) is 12.7. The largest absolute Gasteiger partial charge is 0.255 e. The summed E-state index contributed by atoms with van der Waals surface area (Å²) in [5.74, 6) is 1.02. The molecular formula is C45H33N3. The topological polar surface area (TPSA) is 38.7 Å². The normalized spacial score (nSPS) is 13.8. The quantitative estimate of drug-likeness (QED) is 0.179. The van der Waals surface area contributed by atoms with Crippen LogP contribution in [0.2, 0.25) is 0 Å². The molecule has 0 saturated heterocycles. The predicted octanol–water partition coefficient (Wildman–Crippen LogP) is 11.5. The maximum atomic E-state index is 5.09. The van der Waals surface area contributed by atoms with Crippen LogP contribution in [0.1, 0.15) is 17.9 Å². The van der Waals surface area contributed by atoms with Gasteiger partial charge in [-0.2, -0.15) is 0 Å². The van der Waals surface area contributed by atoms with Crippen LogP contribution in [-0.4, -0.2) is 15.0 Å². The first-order valence-corrected chi connectivity index (χ1v) is 16.4. The van der Waals surface area contributed by atoms with E-state index < -0.39 is 0 Å². The van der Waals surface area contributed by atoms with E-state index >= 15 is 0 Å². The zero-order chi connectivity index (χ0) is 32.1. The highest BCUT2D eigenvalue weighted by atomic mass is 14.9. The van der Waals surface area contributed by atoms with E-state index in [2.05, 4.69) is 152 Å². The third kappa shape index (κ3) is 6.14. The summed E-state index contributed by atoms with van der Waals surface area (Å²) in [5, 5.41) is 0. The van der Waals surface area contributed by atoms with Crippen molar-refractivity contribution in [1.82, 2.24) is 15.0 Å². The van der Waals surface area contributed by atoms with E-state index in [1.54, 1.807) is 0 Å². The van der Waals surface area contributed by atoms with Gasteiger partial charge in [-0.3, -0.25) is 4.98 Å². The van der Waals surface area contributed by atoms with Gasteiger partial charge >= 0.3 is 0 Å². The van der Waals surface area contributed by atoms with Crippen LogP contribution in [0.5, 0.6) is 0 Å². The van der Waals surface area contributed by atoms with Gasteiger partial charge in [-0.25, -0.2) is 9.97 Å². The number of pyridine rings is 1. The molecule has 1 unspecified atom stereocenters. The molecule has 0 N–H and O–H groups in total. The van der Waals surface area contributed by atoms with Crippen molar-refractivity contribution in [1.29, 1.82) is 0 Å². The molecular weight excluding hydrogens is 583 g/mol. The van der Waals surface area contributed by atoms with Gasteiger partial charge in [-0.1, -0.05) is 164 Å². The number of hydrogen-bond donors (Lipinski definition) is 0. The highest BCUT2D eigenvalue weighted by Crippen LogP contribution is 2.36. The van der Waals surface area contributed by atoms with Crippen LogP contribution in [0.15, 0.2) is 182 Å². The Balaban J connectivity index is 1.17. The first-order valence-electron chi connectivity index (χ1n) is 16.4. The van der Waals surface area contributed by atoms with E-state index in [1.807, 2.05) is 30.5 Å². The predicted molar refractivity (Wildman–Crippen MR) is 198 cm³/mol. The fourth-order valence-electron chi connectivity index (χ4n) is 6.30. The Bertz CT molecular complexity index is 2220. The van der Waals surface area contributed by atoms with Gasteiger partial charge in [0, 0.05) is 39.9 Å². The summed E-state index contributed by atoms with van der Waals surface area (Å²) in [6.45, 7) is 0. The Hall–Kier alpha value is -6.19. The van der Waals surface area contributed by atoms with Crippen LogP contribution in [0.3, 0.4) is 0 Å². The lowest BCUT2D eigenvalue weighted by molar-refractivity contribution is 0.847. The Morgan fingerprint density at radius 2 is 0.979 bits per heavy atom. The molecule has 0 saturated carbocycles. The molecule has 0 bridgehead atoms. The van der Waals surface area contributed by atoms with E-state index in [0.29, 0.717) is 11.7 Å². The lowest BCUT2D eigenvalue weighted by atomic mass is 9.90. The monoisotopic (exact) mass is 615 g/mol. The van der Waals surface area contributed by atoms with Crippen LogP contribution in [0, 0.1) is 0 Å². The number of allylic oxidation sites excluding steroid dienone is 4. The molecule has 48 heavy (non-hydrogen) atoms. The van der Waals surface area contributed by atoms with Crippen molar-refractivity contribution in [2.24, 2.45) is 0 Å². The molecule has 0 amide bonds. The lowest BCUT2D eigenvalue weighted by Gasteiger charge is -2.17. The molecule has 5 aromatic carbocycles. The smallest absolute Gasteiger partial charge is 0.160 e. The minimum absolute atomic E-state index is 0.333. The van der Waals surface area contributed by atoms with Crippen molar-refractivity contribution >= 4 is 0 Å². The molecule has 8 rings (SSSR count). The Morgan fingerprint density at radius 3 is 1.60 bits per heavy atom. The van der Waals surface area contributed by atoms with Crippen LogP contribution in [0.4, 0.5) is 0 Å². The van der Waals surface area contributed by atoms with E-state index in [0.717, 1.165) is 56.9 Å². The molecule has 0 radical (unpaired) electrons. The summed E-state index contributed by atoms with van der Waals surface area (Å²) < 4.78 is 0. The summed E-state index contributed by atoms with van der Waals surface area (Å²) >= 11 is 0. The van der Waals surface area contributed by atoms with Crippen LogP contribution < -0.4 is 0 Å². The van der Waals surface area contributed by atoms with Crippen molar-refractivity contribution in [2.45, 2.75) is 12.3 Å². The SMILES string of the molecule is C1=CCC(c2cnc(-c3ccc(-c4nc(-c5ccccc5)cc(-c5ccc(-c6ccccc6)cc5)n4)cc3)c(-c3ccccc3)c2)C=C1. The maximum absolute atomic E-state index is 5.09. The fraction of sp³-hybridized carbons (Fsp3) is 0.0444. The van der Waals surface area contributed by atoms with E-state index in [-0.39, 0.29) is 0 Å². The molecule has 2 aromatic heterocycles. The van der Waals surface area contributed by atoms with Gasteiger partial charge in [0.25, 0.3) is 0 Å². The molecule has 3 nitrogen and oxygen atoms in total. The summed E-state index contributed by atoms with van der Waals surface area (Å²) in [7, 11) is 0. The molecule has 0 fully saturated rings. The first-order chi connectivity index (χ1) is 23.8. The van der Waals surface area contributed by atoms with Crippen LogP contribution in [0.25, 0.3) is 67.4 Å². The highest BCUT2D eigenvalue weighted by molar-refractivity contribution is 5.82. The fourth-order valence-corrected chi connectivity index (χ4v) is 6.30. The minimum Gasteiger partial charge on any atom is -0.255 e. The van der Waals surface area contributed by atoms with E-state index in [9.17, 15) is 0 Å². The third-order valence-corrected chi connectivity index (χ3v) is 8.90. The Kier molecular flexibility index (Phi) is 8.08. The molecule has 228 valence electrons. The van der Waals surface area contributed by atoms with Gasteiger partial charge in [-0.05, 0) is 40.8 Å². The summed E-state index contributed by atoms with van der Waals surface area (Å²) in [6, 6.07) is 52.8. The number of nitrogens with zero attached hydrogens (tertiary/aromatic N) is 3.